The third-order valence-corrected chi connectivity index (χ3v) is 7.65. The number of carbonyl (C=O) groups excluding carboxylic acids is 1. The molecule has 2 rings (SSSR count). The summed E-state index contributed by atoms with van der Waals surface area (Å²) < 4.78 is 49.6. The zero-order valence-electron chi connectivity index (χ0n) is 12.7. The SMILES string of the molecule is Cc1ccc(S(=O)(=O)N2CCS(=O)(=O)C(C(=O)O)C2)cc1C(N)=O. The molecule has 3 N–H and O–H groups in total. The Hall–Kier alpha value is -1.98. The lowest BCUT2D eigenvalue weighted by atomic mass is 10.1. The van der Waals surface area contributed by atoms with Gasteiger partial charge in [0.1, 0.15) is 0 Å². The number of carboxylic acid groups (broad SMARTS) is 1. The van der Waals surface area contributed by atoms with E-state index in [0.29, 0.717) is 5.56 Å². The van der Waals surface area contributed by atoms with Crippen LogP contribution in [0.1, 0.15) is 15.9 Å². The van der Waals surface area contributed by atoms with E-state index in [1.807, 2.05) is 0 Å². The highest BCUT2D eigenvalue weighted by Gasteiger charge is 2.42. The van der Waals surface area contributed by atoms with Crippen LogP contribution in [0.4, 0.5) is 0 Å². The summed E-state index contributed by atoms with van der Waals surface area (Å²) in [5, 5.41) is 7.20. The van der Waals surface area contributed by atoms with Crippen molar-refractivity contribution in [3.8, 4) is 0 Å². The quantitative estimate of drug-likeness (QED) is 0.681. The minimum Gasteiger partial charge on any atom is -0.480 e. The maximum absolute atomic E-state index is 12.6. The number of sulfonamides is 1. The number of carboxylic acids is 1. The highest BCUT2D eigenvalue weighted by molar-refractivity contribution is 7.93. The Labute approximate surface area is 139 Å². The third-order valence-electron chi connectivity index (χ3n) is 3.82. The zero-order chi connectivity index (χ0) is 18.3. The van der Waals surface area contributed by atoms with Crippen LogP contribution in [0.5, 0.6) is 0 Å². The fourth-order valence-corrected chi connectivity index (χ4v) is 5.55. The van der Waals surface area contributed by atoms with E-state index in [0.717, 1.165) is 10.4 Å². The molecular weight excluding hydrogens is 360 g/mol. The average Bonchev–Trinajstić information content (AvgIpc) is 2.46. The topological polar surface area (TPSA) is 152 Å². The number of primary amides is 1. The maximum atomic E-state index is 12.6. The summed E-state index contributed by atoms with van der Waals surface area (Å²) in [5.74, 6) is -2.98. The smallest absolute Gasteiger partial charge is 0.323 e. The van der Waals surface area contributed by atoms with Gasteiger partial charge in [-0.05, 0) is 24.6 Å². The van der Waals surface area contributed by atoms with E-state index in [1.54, 1.807) is 6.92 Å². The van der Waals surface area contributed by atoms with Crippen molar-refractivity contribution >= 4 is 31.7 Å². The summed E-state index contributed by atoms with van der Waals surface area (Å²) >= 11 is 0. The Bertz CT molecular complexity index is 906. The van der Waals surface area contributed by atoms with Crippen LogP contribution in [0, 0.1) is 6.92 Å². The number of amides is 1. The molecule has 1 aliphatic heterocycles. The summed E-state index contributed by atoms with van der Waals surface area (Å²) in [6, 6.07) is 3.77. The molecule has 24 heavy (non-hydrogen) atoms. The second-order valence-corrected chi connectivity index (χ2v) is 9.64. The first-order chi connectivity index (χ1) is 11.0. The molecule has 1 aromatic rings. The largest absolute Gasteiger partial charge is 0.480 e. The van der Waals surface area contributed by atoms with Crippen molar-refractivity contribution < 1.29 is 31.5 Å². The van der Waals surface area contributed by atoms with Crippen molar-refractivity contribution in [3.05, 3.63) is 29.3 Å². The predicted molar refractivity (Wildman–Crippen MR) is 83.7 cm³/mol. The molecule has 1 aromatic carbocycles. The van der Waals surface area contributed by atoms with E-state index < -0.39 is 49.3 Å². The minimum atomic E-state index is -4.15. The molecule has 1 atom stereocenters. The van der Waals surface area contributed by atoms with Crippen LogP contribution in [-0.2, 0) is 24.7 Å². The van der Waals surface area contributed by atoms with Gasteiger partial charge in [-0.25, -0.2) is 16.8 Å². The van der Waals surface area contributed by atoms with E-state index in [1.165, 1.54) is 12.1 Å². The zero-order valence-corrected chi connectivity index (χ0v) is 14.3. The van der Waals surface area contributed by atoms with Gasteiger partial charge in [0.2, 0.25) is 15.9 Å². The number of nitrogens with zero attached hydrogens (tertiary/aromatic N) is 1. The highest BCUT2D eigenvalue weighted by atomic mass is 32.2. The van der Waals surface area contributed by atoms with Gasteiger partial charge >= 0.3 is 5.97 Å². The Morgan fingerprint density at radius 3 is 2.50 bits per heavy atom. The Morgan fingerprint density at radius 2 is 1.96 bits per heavy atom. The molecule has 132 valence electrons. The van der Waals surface area contributed by atoms with Crippen molar-refractivity contribution in [2.45, 2.75) is 17.1 Å². The van der Waals surface area contributed by atoms with Gasteiger partial charge in [-0.1, -0.05) is 6.07 Å². The van der Waals surface area contributed by atoms with Gasteiger partial charge in [-0.15, -0.1) is 0 Å². The molecule has 11 heteroatoms. The molecule has 0 aliphatic carbocycles. The Kier molecular flexibility index (Phi) is 4.70. The van der Waals surface area contributed by atoms with Crippen LogP contribution in [-0.4, -0.2) is 62.2 Å². The van der Waals surface area contributed by atoms with Crippen molar-refractivity contribution in [2.75, 3.05) is 18.8 Å². The number of rotatable bonds is 4. The molecule has 1 saturated heterocycles. The fourth-order valence-electron chi connectivity index (χ4n) is 2.39. The lowest BCUT2D eigenvalue weighted by Gasteiger charge is -2.29. The van der Waals surface area contributed by atoms with Crippen LogP contribution < -0.4 is 5.73 Å². The molecule has 9 nitrogen and oxygen atoms in total. The molecule has 0 bridgehead atoms. The van der Waals surface area contributed by atoms with Crippen molar-refractivity contribution in [2.24, 2.45) is 5.73 Å². The molecule has 0 aromatic heterocycles. The first-order valence-electron chi connectivity index (χ1n) is 6.82. The molecule has 1 fully saturated rings. The Balaban J connectivity index is 2.43. The number of aliphatic carboxylic acids is 1. The number of sulfone groups is 1. The average molecular weight is 376 g/mol. The molecule has 0 saturated carbocycles. The molecule has 0 radical (unpaired) electrons. The van der Waals surface area contributed by atoms with Gasteiger partial charge in [0, 0.05) is 18.7 Å². The number of aryl methyl sites for hydroxylation is 1. The van der Waals surface area contributed by atoms with Crippen LogP contribution in [0.3, 0.4) is 0 Å². The standard InChI is InChI=1S/C13H16N2O7S2/c1-8-2-3-9(6-10(8)12(14)16)24(21,22)15-4-5-23(19,20)11(7-15)13(17)18/h2-3,6,11H,4-5,7H2,1H3,(H2,14,16)(H,17,18). The fraction of sp³-hybridized carbons (Fsp3) is 0.385. The van der Waals surface area contributed by atoms with Gasteiger partial charge in [0.05, 0.1) is 10.6 Å². The lowest BCUT2D eigenvalue weighted by Crippen LogP contribution is -2.52. The number of carbonyl (C=O) groups is 2. The van der Waals surface area contributed by atoms with E-state index in [9.17, 15) is 26.4 Å². The molecule has 1 amide bonds. The molecule has 1 unspecified atom stereocenters. The minimum absolute atomic E-state index is 0.0236. The molecular formula is C13H16N2O7S2. The van der Waals surface area contributed by atoms with Crippen molar-refractivity contribution in [1.29, 1.82) is 0 Å². The van der Waals surface area contributed by atoms with Gasteiger partial charge in [0.25, 0.3) is 0 Å². The van der Waals surface area contributed by atoms with Crippen molar-refractivity contribution in [3.63, 3.8) is 0 Å². The summed E-state index contributed by atoms with van der Waals surface area (Å²) in [6.45, 7) is 0.554. The highest BCUT2D eigenvalue weighted by Crippen LogP contribution is 2.23. The molecule has 1 heterocycles. The summed E-state index contributed by atoms with van der Waals surface area (Å²) in [4.78, 5) is 22.2. The first kappa shape index (κ1) is 18.4. The van der Waals surface area contributed by atoms with Crippen LogP contribution >= 0.6 is 0 Å². The monoisotopic (exact) mass is 376 g/mol. The van der Waals surface area contributed by atoms with Gasteiger partial charge < -0.3 is 10.8 Å². The normalized spacial score (nSPS) is 21.3. The molecule has 0 spiro atoms. The maximum Gasteiger partial charge on any atom is 0.323 e. The first-order valence-corrected chi connectivity index (χ1v) is 9.97. The summed E-state index contributed by atoms with van der Waals surface area (Å²) in [7, 11) is -8.06. The van der Waals surface area contributed by atoms with Crippen molar-refractivity contribution in [1.82, 2.24) is 4.31 Å². The van der Waals surface area contributed by atoms with E-state index in [4.69, 9.17) is 10.8 Å². The number of nitrogens with two attached hydrogens (primary N) is 1. The van der Waals surface area contributed by atoms with Gasteiger partial charge in [-0.2, -0.15) is 4.31 Å². The number of hydrogen-bond donors (Lipinski definition) is 2. The van der Waals surface area contributed by atoms with Gasteiger partial charge in [-0.3, -0.25) is 9.59 Å². The van der Waals surface area contributed by atoms with Crippen LogP contribution in [0.15, 0.2) is 23.1 Å². The second kappa shape index (κ2) is 6.15. The van der Waals surface area contributed by atoms with E-state index in [-0.39, 0.29) is 17.0 Å². The lowest BCUT2D eigenvalue weighted by molar-refractivity contribution is -0.136. The Morgan fingerprint density at radius 1 is 1.33 bits per heavy atom. The van der Waals surface area contributed by atoms with E-state index >= 15 is 0 Å². The van der Waals surface area contributed by atoms with E-state index in [2.05, 4.69) is 0 Å². The summed E-state index contributed by atoms with van der Waals surface area (Å²) in [6.07, 6.45) is 0. The van der Waals surface area contributed by atoms with Crippen LogP contribution in [0.25, 0.3) is 0 Å². The van der Waals surface area contributed by atoms with Gasteiger partial charge in [0.15, 0.2) is 15.1 Å². The number of hydrogen-bond acceptors (Lipinski definition) is 6. The van der Waals surface area contributed by atoms with Crippen LogP contribution in [0.2, 0.25) is 0 Å². The second-order valence-electron chi connectivity index (χ2n) is 5.40. The molecule has 1 aliphatic rings. The number of benzene rings is 1. The predicted octanol–water partition coefficient (Wildman–Crippen LogP) is -1.03. The summed E-state index contributed by atoms with van der Waals surface area (Å²) in [5.41, 5.74) is 5.71. The third kappa shape index (κ3) is 3.28.